The summed E-state index contributed by atoms with van der Waals surface area (Å²) in [6.07, 6.45) is 2.51. The second-order valence-electron chi connectivity index (χ2n) is 6.16. The molecule has 1 fully saturated rings. The molecule has 1 heterocycles. The van der Waals surface area contributed by atoms with Gasteiger partial charge in [0.1, 0.15) is 0 Å². The van der Waals surface area contributed by atoms with E-state index >= 15 is 0 Å². The van der Waals surface area contributed by atoms with Crippen molar-refractivity contribution in [2.45, 2.75) is 26.3 Å². The molecule has 1 aliphatic heterocycles. The van der Waals surface area contributed by atoms with Crippen molar-refractivity contribution in [1.82, 2.24) is 14.5 Å². The third kappa shape index (κ3) is 5.66. The Kier molecular flexibility index (Phi) is 7.16. The maximum Gasteiger partial charge on any atom is 0.237 e. The minimum Gasteiger partial charge on any atom is -0.355 e. The predicted octanol–water partition coefficient (Wildman–Crippen LogP) is 1.52. The van der Waals surface area contributed by atoms with Crippen molar-refractivity contribution >= 4 is 22.0 Å². The molecule has 1 N–H and O–H groups in total. The van der Waals surface area contributed by atoms with Crippen LogP contribution in [0.2, 0.25) is 0 Å². The zero-order valence-electron chi connectivity index (χ0n) is 14.9. The molecule has 0 aromatic heterocycles. The molecule has 1 aromatic rings. The first-order valence-corrected chi connectivity index (χ1v) is 10.2. The summed E-state index contributed by atoms with van der Waals surface area (Å²) in [6, 6.07) is 9.12. The van der Waals surface area contributed by atoms with Crippen LogP contribution in [0.15, 0.2) is 35.7 Å². The van der Waals surface area contributed by atoms with Gasteiger partial charge in [0.15, 0.2) is 0 Å². The lowest BCUT2D eigenvalue weighted by atomic mass is 10.2. The smallest absolute Gasteiger partial charge is 0.237 e. The van der Waals surface area contributed by atoms with Gasteiger partial charge in [-0.3, -0.25) is 9.69 Å². The fourth-order valence-electron chi connectivity index (χ4n) is 2.72. The fraction of sp³-hybridized carbons (Fsp3) is 0.500. The van der Waals surface area contributed by atoms with Gasteiger partial charge in [-0.15, -0.1) is 0 Å². The number of hydrogen-bond donors (Lipinski definition) is 1. The van der Waals surface area contributed by atoms with Gasteiger partial charge in [-0.1, -0.05) is 37.3 Å². The lowest BCUT2D eigenvalue weighted by molar-refractivity contribution is -0.126. The van der Waals surface area contributed by atoms with E-state index in [9.17, 15) is 13.2 Å². The second kappa shape index (κ2) is 9.12. The molecule has 0 bridgehead atoms. The summed E-state index contributed by atoms with van der Waals surface area (Å²) < 4.78 is 26.4. The van der Waals surface area contributed by atoms with E-state index in [0.717, 1.165) is 12.0 Å². The molecular formula is C18H27N3O3S. The average Bonchev–Trinajstić information content (AvgIpc) is 2.65. The largest absolute Gasteiger partial charge is 0.355 e. The Morgan fingerprint density at radius 1 is 1.20 bits per heavy atom. The number of sulfonamides is 1. The van der Waals surface area contributed by atoms with Crippen LogP contribution in [0.1, 0.15) is 25.8 Å². The number of rotatable bonds is 7. The Hall–Kier alpha value is -1.70. The minimum absolute atomic E-state index is 0.00197. The van der Waals surface area contributed by atoms with Crippen molar-refractivity contribution in [1.29, 1.82) is 0 Å². The Morgan fingerprint density at radius 2 is 1.84 bits per heavy atom. The first-order valence-electron chi connectivity index (χ1n) is 8.69. The van der Waals surface area contributed by atoms with Crippen molar-refractivity contribution < 1.29 is 13.2 Å². The molecule has 25 heavy (non-hydrogen) atoms. The van der Waals surface area contributed by atoms with Crippen LogP contribution >= 0.6 is 0 Å². The van der Waals surface area contributed by atoms with Crippen LogP contribution < -0.4 is 5.32 Å². The SMILES string of the molecule is CCCNC(=O)[C@H](C)N1CCN(S(=O)(=O)/C=C/c2ccccc2)CC1. The number of nitrogens with one attached hydrogen (secondary N) is 1. The Morgan fingerprint density at radius 3 is 2.44 bits per heavy atom. The highest BCUT2D eigenvalue weighted by Gasteiger charge is 2.29. The Balaban J connectivity index is 1.90. The maximum absolute atomic E-state index is 12.5. The average molecular weight is 365 g/mol. The number of amides is 1. The van der Waals surface area contributed by atoms with Gasteiger partial charge in [0, 0.05) is 38.1 Å². The maximum atomic E-state index is 12.5. The molecule has 1 aliphatic rings. The van der Waals surface area contributed by atoms with Crippen LogP contribution in [0.4, 0.5) is 0 Å². The zero-order valence-corrected chi connectivity index (χ0v) is 15.7. The van der Waals surface area contributed by atoms with Crippen molar-refractivity contribution in [3.63, 3.8) is 0 Å². The number of benzene rings is 1. The number of hydrogen-bond acceptors (Lipinski definition) is 4. The molecular weight excluding hydrogens is 338 g/mol. The molecule has 1 amide bonds. The van der Waals surface area contributed by atoms with Gasteiger partial charge in [-0.05, 0) is 25.0 Å². The highest BCUT2D eigenvalue weighted by molar-refractivity contribution is 7.92. The van der Waals surface area contributed by atoms with E-state index in [1.165, 1.54) is 9.71 Å². The lowest BCUT2D eigenvalue weighted by Crippen LogP contribution is -2.54. The highest BCUT2D eigenvalue weighted by atomic mass is 32.2. The quantitative estimate of drug-likeness (QED) is 0.795. The summed E-state index contributed by atoms with van der Waals surface area (Å²) in [5.74, 6) is 0.00197. The standard InChI is InChI=1S/C18H27N3O3S/c1-3-10-19-18(22)16(2)20-11-13-21(14-12-20)25(23,24)15-9-17-7-5-4-6-8-17/h4-9,15-16H,3,10-14H2,1-2H3,(H,19,22)/b15-9+/t16-/m0/s1. The molecule has 1 aromatic carbocycles. The number of nitrogens with zero attached hydrogens (tertiary/aromatic N) is 2. The summed E-state index contributed by atoms with van der Waals surface area (Å²) in [6.45, 7) is 6.45. The topological polar surface area (TPSA) is 69.7 Å². The van der Waals surface area contributed by atoms with Gasteiger partial charge < -0.3 is 5.32 Å². The Bertz CT molecular complexity index is 681. The van der Waals surface area contributed by atoms with Crippen LogP contribution in [0, 0.1) is 0 Å². The first kappa shape index (κ1) is 19.6. The van der Waals surface area contributed by atoms with Gasteiger partial charge in [0.05, 0.1) is 6.04 Å². The predicted molar refractivity (Wildman–Crippen MR) is 100 cm³/mol. The van der Waals surface area contributed by atoms with Gasteiger partial charge in [0.2, 0.25) is 15.9 Å². The molecule has 2 rings (SSSR count). The third-order valence-electron chi connectivity index (χ3n) is 4.34. The van der Waals surface area contributed by atoms with Crippen LogP contribution in [0.25, 0.3) is 6.08 Å². The molecule has 0 unspecified atom stereocenters. The number of carbonyl (C=O) groups excluding carboxylic acids is 1. The van der Waals surface area contributed by atoms with Crippen LogP contribution in [-0.2, 0) is 14.8 Å². The summed E-state index contributed by atoms with van der Waals surface area (Å²) in [5, 5.41) is 4.14. The lowest BCUT2D eigenvalue weighted by Gasteiger charge is -2.36. The van der Waals surface area contributed by atoms with E-state index in [0.29, 0.717) is 32.7 Å². The molecule has 1 atom stereocenters. The van der Waals surface area contributed by atoms with E-state index < -0.39 is 10.0 Å². The van der Waals surface area contributed by atoms with Gasteiger partial charge >= 0.3 is 0 Å². The van der Waals surface area contributed by atoms with E-state index in [1.54, 1.807) is 6.08 Å². The molecule has 138 valence electrons. The normalized spacial score (nSPS) is 18.3. The van der Waals surface area contributed by atoms with Crippen molar-refractivity contribution in [3.8, 4) is 0 Å². The molecule has 0 saturated carbocycles. The molecule has 7 heteroatoms. The van der Waals surface area contributed by atoms with Crippen LogP contribution in [0.5, 0.6) is 0 Å². The van der Waals surface area contributed by atoms with E-state index in [1.807, 2.05) is 49.1 Å². The van der Waals surface area contributed by atoms with E-state index in [4.69, 9.17) is 0 Å². The monoisotopic (exact) mass is 365 g/mol. The fourth-order valence-corrected chi connectivity index (χ4v) is 3.90. The first-order chi connectivity index (χ1) is 11.9. The molecule has 1 saturated heterocycles. The second-order valence-corrected chi connectivity index (χ2v) is 7.98. The zero-order chi connectivity index (χ0) is 18.3. The van der Waals surface area contributed by atoms with Crippen molar-refractivity contribution in [3.05, 3.63) is 41.3 Å². The van der Waals surface area contributed by atoms with E-state index in [-0.39, 0.29) is 11.9 Å². The molecule has 0 spiro atoms. The molecule has 6 nitrogen and oxygen atoms in total. The summed E-state index contributed by atoms with van der Waals surface area (Å²) in [4.78, 5) is 14.1. The summed E-state index contributed by atoms with van der Waals surface area (Å²) in [7, 11) is -3.44. The van der Waals surface area contributed by atoms with Crippen LogP contribution in [-0.4, -0.2) is 62.3 Å². The van der Waals surface area contributed by atoms with Crippen LogP contribution in [0.3, 0.4) is 0 Å². The summed E-state index contributed by atoms with van der Waals surface area (Å²) >= 11 is 0. The van der Waals surface area contributed by atoms with Crippen molar-refractivity contribution in [2.75, 3.05) is 32.7 Å². The third-order valence-corrected chi connectivity index (χ3v) is 5.91. The van der Waals surface area contributed by atoms with Gasteiger partial charge in [-0.2, -0.15) is 4.31 Å². The Labute approximate surface area is 150 Å². The minimum atomic E-state index is -3.44. The molecule has 0 aliphatic carbocycles. The van der Waals surface area contributed by atoms with Crippen molar-refractivity contribution in [2.24, 2.45) is 0 Å². The van der Waals surface area contributed by atoms with Gasteiger partial charge in [0.25, 0.3) is 0 Å². The highest BCUT2D eigenvalue weighted by Crippen LogP contribution is 2.13. The number of carbonyl (C=O) groups is 1. The van der Waals surface area contributed by atoms with Gasteiger partial charge in [-0.25, -0.2) is 8.42 Å². The van der Waals surface area contributed by atoms with E-state index in [2.05, 4.69) is 5.32 Å². The molecule has 0 radical (unpaired) electrons. The summed E-state index contributed by atoms with van der Waals surface area (Å²) in [5.41, 5.74) is 0.853. The number of piperazine rings is 1.